The highest BCUT2D eigenvalue weighted by atomic mass is 16.2. The molecule has 0 unspecified atom stereocenters. The van der Waals surface area contributed by atoms with E-state index in [2.05, 4.69) is 17.6 Å². The molecule has 114 valence electrons. The van der Waals surface area contributed by atoms with Crippen molar-refractivity contribution in [2.75, 3.05) is 18.0 Å². The summed E-state index contributed by atoms with van der Waals surface area (Å²) in [6.45, 7) is 7.81. The minimum absolute atomic E-state index is 0.201. The summed E-state index contributed by atoms with van der Waals surface area (Å²) in [5.74, 6) is -0.513. The van der Waals surface area contributed by atoms with Gasteiger partial charge in [0.2, 0.25) is 5.91 Å². The van der Waals surface area contributed by atoms with Crippen LogP contribution in [0, 0.1) is 0 Å². The maximum absolute atomic E-state index is 12.0. The number of imide groups is 1. The molecule has 0 spiro atoms. The van der Waals surface area contributed by atoms with Crippen molar-refractivity contribution in [3.8, 4) is 0 Å². The maximum Gasteiger partial charge on any atom is 0.251 e. The molecule has 0 saturated carbocycles. The number of hydrogen-bond acceptors (Lipinski definition) is 4. The summed E-state index contributed by atoms with van der Waals surface area (Å²) in [4.78, 5) is 25.4. The lowest BCUT2D eigenvalue weighted by Crippen LogP contribution is -2.64. The third-order valence-electron chi connectivity index (χ3n) is 3.79. The summed E-state index contributed by atoms with van der Waals surface area (Å²) in [6.07, 6.45) is 1.11. The lowest BCUT2D eigenvalue weighted by molar-refractivity contribution is -0.135. The first-order chi connectivity index (χ1) is 9.95. The summed E-state index contributed by atoms with van der Waals surface area (Å²) in [7, 11) is 0. The first-order valence-electron chi connectivity index (χ1n) is 7.36. The van der Waals surface area contributed by atoms with E-state index in [1.54, 1.807) is 0 Å². The van der Waals surface area contributed by atoms with Crippen LogP contribution in [-0.2, 0) is 16.1 Å². The van der Waals surface area contributed by atoms with Gasteiger partial charge >= 0.3 is 0 Å². The third kappa shape index (κ3) is 3.42. The molecular weight excluding hydrogens is 266 g/mol. The summed E-state index contributed by atoms with van der Waals surface area (Å²) in [5, 5.41) is 5.73. The molecule has 0 aromatic heterocycles. The second-order valence-electron chi connectivity index (χ2n) is 5.87. The minimum atomic E-state index is -0.726. The number of benzene rings is 1. The molecule has 1 aromatic rings. The molecule has 1 aromatic carbocycles. The molecule has 0 radical (unpaired) electrons. The zero-order chi connectivity index (χ0) is 15.5. The molecule has 1 heterocycles. The van der Waals surface area contributed by atoms with Crippen LogP contribution in [0.2, 0.25) is 0 Å². The smallest absolute Gasteiger partial charge is 0.251 e. The fraction of sp³-hybridized carbons (Fsp3) is 0.500. The van der Waals surface area contributed by atoms with Crippen LogP contribution >= 0.6 is 0 Å². The Labute approximate surface area is 125 Å². The normalized spacial score (nSPS) is 17.8. The van der Waals surface area contributed by atoms with Crippen LogP contribution in [0.25, 0.3) is 0 Å². The predicted molar refractivity (Wildman–Crippen MR) is 83.0 cm³/mol. The number of anilines is 1. The van der Waals surface area contributed by atoms with Gasteiger partial charge in [-0.3, -0.25) is 14.9 Å². The van der Waals surface area contributed by atoms with Crippen molar-refractivity contribution in [2.45, 2.75) is 39.3 Å². The number of nitrogens with zero attached hydrogens (tertiary/aromatic N) is 1. The van der Waals surface area contributed by atoms with Gasteiger partial charge in [0.05, 0.1) is 6.54 Å². The quantitative estimate of drug-likeness (QED) is 0.636. The topological polar surface area (TPSA) is 61.4 Å². The molecule has 0 atom stereocenters. The third-order valence-corrected chi connectivity index (χ3v) is 3.79. The molecule has 1 aliphatic rings. The fourth-order valence-corrected chi connectivity index (χ4v) is 2.40. The molecule has 2 amide bonds. The highest BCUT2D eigenvalue weighted by Crippen LogP contribution is 2.26. The Bertz CT molecular complexity index is 523. The first-order valence-corrected chi connectivity index (χ1v) is 7.36. The van der Waals surface area contributed by atoms with Gasteiger partial charge in [-0.05, 0) is 44.5 Å². The number of piperazine rings is 1. The van der Waals surface area contributed by atoms with Gasteiger partial charge in [0.25, 0.3) is 5.91 Å². The lowest BCUT2D eigenvalue weighted by atomic mass is 9.97. The van der Waals surface area contributed by atoms with E-state index in [1.807, 2.05) is 43.0 Å². The standard InChI is InChI=1S/C16H23N3O2/c1-4-9-17-10-12-5-7-13(8-6-12)19-11-14(20)18-15(21)16(19,2)3/h5-8,17H,4,9-11H2,1-3H3,(H,18,20,21). The highest BCUT2D eigenvalue weighted by Gasteiger charge is 2.40. The Morgan fingerprint density at radius 3 is 2.52 bits per heavy atom. The number of nitrogens with one attached hydrogen (secondary N) is 2. The molecule has 2 rings (SSSR count). The van der Waals surface area contributed by atoms with Gasteiger partial charge in [-0.15, -0.1) is 0 Å². The zero-order valence-corrected chi connectivity index (χ0v) is 12.9. The van der Waals surface area contributed by atoms with Crippen LogP contribution in [0.5, 0.6) is 0 Å². The van der Waals surface area contributed by atoms with Crippen LogP contribution in [0.15, 0.2) is 24.3 Å². The summed E-state index contributed by atoms with van der Waals surface area (Å²) in [5.41, 5.74) is 1.36. The molecule has 5 nitrogen and oxygen atoms in total. The maximum atomic E-state index is 12.0. The molecule has 0 bridgehead atoms. The predicted octanol–water partition coefficient (Wildman–Crippen LogP) is 1.43. The lowest BCUT2D eigenvalue weighted by Gasteiger charge is -2.41. The number of rotatable bonds is 5. The van der Waals surface area contributed by atoms with E-state index < -0.39 is 5.54 Å². The van der Waals surface area contributed by atoms with Crippen LogP contribution in [-0.4, -0.2) is 30.4 Å². The van der Waals surface area contributed by atoms with Crippen molar-refractivity contribution in [1.29, 1.82) is 0 Å². The van der Waals surface area contributed by atoms with Gasteiger partial charge in [0, 0.05) is 12.2 Å². The average Bonchev–Trinajstić information content (AvgIpc) is 2.44. The molecule has 2 N–H and O–H groups in total. The fourth-order valence-electron chi connectivity index (χ4n) is 2.40. The Kier molecular flexibility index (Phi) is 4.63. The van der Waals surface area contributed by atoms with Crippen molar-refractivity contribution in [1.82, 2.24) is 10.6 Å². The van der Waals surface area contributed by atoms with Crippen molar-refractivity contribution < 1.29 is 9.59 Å². The molecule has 1 aliphatic heterocycles. The molecule has 1 saturated heterocycles. The summed E-state index contributed by atoms with van der Waals surface area (Å²) in [6, 6.07) is 8.00. The monoisotopic (exact) mass is 289 g/mol. The second kappa shape index (κ2) is 6.26. The van der Waals surface area contributed by atoms with Crippen molar-refractivity contribution in [3.63, 3.8) is 0 Å². The van der Waals surface area contributed by atoms with Gasteiger partial charge in [-0.2, -0.15) is 0 Å². The van der Waals surface area contributed by atoms with E-state index in [0.717, 1.165) is 25.2 Å². The first kappa shape index (κ1) is 15.5. The number of amides is 2. The molecule has 5 heteroatoms. The minimum Gasteiger partial charge on any atom is -0.348 e. The largest absolute Gasteiger partial charge is 0.348 e. The van der Waals surface area contributed by atoms with Gasteiger partial charge in [0.1, 0.15) is 5.54 Å². The summed E-state index contributed by atoms with van der Waals surface area (Å²) < 4.78 is 0. The highest BCUT2D eigenvalue weighted by molar-refractivity contribution is 6.06. The van der Waals surface area contributed by atoms with E-state index >= 15 is 0 Å². The van der Waals surface area contributed by atoms with E-state index in [4.69, 9.17) is 0 Å². The van der Waals surface area contributed by atoms with E-state index in [1.165, 1.54) is 5.56 Å². The second-order valence-corrected chi connectivity index (χ2v) is 5.87. The van der Waals surface area contributed by atoms with Crippen molar-refractivity contribution in [3.05, 3.63) is 29.8 Å². The number of hydrogen-bond donors (Lipinski definition) is 2. The van der Waals surface area contributed by atoms with Crippen molar-refractivity contribution >= 4 is 17.5 Å². The Hall–Kier alpha value is -1.88. The van der Waals surface area contributed by atoms with Gasteiger partial charge < -0.3 is 10.2 Å². The Morgan fingerprint density at radius 1 is 1.24 bits per heavy atom. The van der Waals surface area contributed by atoms with Crippen molar-refractivity contribution in [2.24, 2.45) is 0 Å². The number of carbonyl (C=O) groups excluding carboxylic acids is 2. The Balaban J connectivity index is 2.13. The molecule has 21 heavy (non-hydrogen) atoms. The van der Waals surface area contributed by atoms with E-state index in [0.29, 0.717) is 0 Å². The van der Waals surface area contributed by atoms with E-state index in [9.17, 15) is 9.59 Å². The average molecular weight is 289 g/mol. The molecular formula is C16H23N3O2. The van der Waals surface area contributed by atoms with Gasteiger partial charge in [-0.1, -0.05) is 19.1 Å². The summed E-state index contributed by atoms with van der Waals surface area (Å²) >= 11 is 0. The van der Waals surface area contributed by atoms with Crippen LogP contribution in [0.1, 0.15) is 32.8 Å². The SMILES string of the molecule is CCCNCc1ccc(N2CC(=O)NC(=O)C2(C)C)cc1. The van der Waals surface area contributed by atoms with Crippen LogP contribution < -0.4 is 15.5 Å². The molecule has 0 aliphatic carbocycles. The van der Waals surface area contributed by atoms with E-state index in [-0.39, 0.29) is 18.4 Å². The number of carbonyl (C=O) groups is 2. The molecule has 1 fully saturated rings. The van der Waals surface area contributed by atoms with Gasteiger partial charge in [-0.25, -0.2) is 0 Å². The Morgan fingerprint density at radius 2 is 1.90 bits per heavy atom. The van der Waals surface area contributed by atoms with Gasteiger partial charge in [0.15, 0.2) is 0 Å². The van der Waals surface area contributed by atoms with Crippen LogP contribution in [0.4, 0.5) is 5.69 Å². The zero-order valence-electron chi connectivity index (χ0n) is 12.9. The van der Waals surface area contributed by atoms with Crippen LogP contribution in [0.3, 0.4) is 0 Å².